The van der Waals surface area contributed by atoms with Crippen LogP contribution in [0.15, 0.2) is 41.6 Å². The Hall–Kier alpha value is -2.11. The van der Waals surface area contributed by atoms with Gasteiger partial charge in [0.1, 0.15) is 12.2 Å². The number of hydrogen-bond acceptors (Lipinski definition) is 4. The van der Waals surface area contributed by atoms with Crippen LogP contribution in [0.5, 0.6) is 0 Å². The zero-order valence-corrected chi connectivity index (χ0v) is 11.9. The third-order valence-electron chi connectivity index (χ3n) is 3.88. The number of carboxylic acids is 1. The lowest BCUT2D eigenvalue weighted by Gasteiger charge is -2.22. The molecule has 110 valence electrons. The van der Waals surface area contributed by atoms with E-state index in [-0.39, 0.29) is 5.57 Å². The molecule has 0 bridgehead atoms. The minimum absolute atomic E-state index is 0.275. The van der Waals surface area contributed by atoms with E-state index in [9.17, 15) is 15.0 Å². The Kier molecular flexibility index (Phi) is 3.31. The van der Waals surface area contributed by atoms with Crippen molar-refractivity contribution < 1.29 is 19.8 Å². The number of carboxylic acid groups (broad SMARTS) is 1. The number of fused-ring (bicyclic) bond motifs is 1. The second-order valence-corrected chi connectivity index (χ2v) is 5.15. The summed E-state index contributed by atoms with van der Waals surface area (Å²) in [5.41, 5.74) is 3.29. The number of allylic oxidation sites excluding steroid dienone is 1. The molecule has 1 aromatic rings. The number of carbonyl (C=O) groups is 1. The Bertz CT molecular complexity index is 662. The van der Waals surface area contributed by atoms with Gasteiger partial charge in [0.15, 0.2) is 0 Å². The molecule has 3 rings (SSSR count). The van der Waals surface area contributed by atoms with Gasteiger partial charge in [-0.25, -0.2) is 9.86 Å². The predicted molar refractivity (Wildman–Crippen MR) is 76.7 cm³/mol. The lowest BCUT2D eigenvalue weighted by Crippen LogP contribution is -2.18. The minimum Gasteiger partial charge on any atom is -0.478 e. The molecule has 5 heteroatoms. The van der Waals surface area contributed by atoms with Gasteiger partial charge in [0.05, 0.1) is 17.0 Å². The predicted octanol–water partition coefficient (Wildman–Crippen LogP) is 2.46. The van der Waals surface area contributed by atoms with Gasteiger partial charge in [-0.05, 0) is 25.0 Å². The maximum Gasteiger partial charge on any atom is 0.336 e. The molecule has 5 nitrogen and oxygen atoms in total. The van der Waals surface area contributed by atoms with Crippen LogP contribution in [-0.2, 0) is 9.63 Å². The van der Waals surface area contributed by atoms with E-state index < -0.39 is 18.2 Å². The molecule has 0 amide bonds. The first-order valence-corrected chi connectivity index (χ1v) is 6.97. The molecule has 1 aliphatic heterocycles. The molecule has 0 aromatic heterocycles. The smallest absolute Gasteiger partial charge is 0.336 e. The Balaban J connectivity index is 2.07. The Labute approximate surface area is 122 Å². The van der Waals surface area contributed by atoms with Crippen molar-refractivity contribution in [2.24, 2.45) is 0 Å². The molecule has 1 aromatic carbocycles. The molecule has 0 radical (unpaired) electrons. The van der Waals surface area contributed by atoms with Crippen LogP contribution < -0.4 is 0 Å². The standard InChI is InChI=1S/C16H17NO4/c1-3-12-15(16(19)20)9(2)21-17(12)13-8-14(18)11-7-5-4-6-10(11)13/h4-9,14,18H,3H2,1-2H3,(H,19,20). The van der Waals surface area contributed by atoms with Crippen molar-refractivity contribution in [3.8, 4) is 0 Å². The molecule has 1 aliphatic carbocycles. The first kappa shape index (κ1) is 13.9. The third-order valence-corrected chi connectivity index (χ3v) is 3.88. The topological polar surface area (TPSA) is 70.0 Å². The van der Waals surface area contributed by atoms with Gasteiger partial charge in [0, 0.05) is 5.56 Å². The van der Waals surface area contributed by atoms with Crippen molar-refractivity contribution >= 4 is 11.7 Å². The first-order valence-electron chi connectivity index (χ1n) is 6.97. The van der Waals surface area contributed by atoms with E-state index in [1.165, 1.54) is 0 Å². The van der Waals surface area contributed by atoms with E-state index in [0.717, 1.165) is 11.1 Å². The zero-order chi connectivity index (χ0) is 15.1. The van der Waals surface area contributed by atoms with E-state index >= 15 is 0 Å². The highest BCUT2D eigenvalue weighted by molar-refractivity contribution is 5.90. The van der Waals surface area contributed by atoms with Crippen LogP contribution in [0.1, 0.15) is 37.5 Å². The van der Waals surface area contributed by atoms with Crippen LogP contribution >= 0.6 is 0 Å². The van der Waals surface area contributed by atoms with Gasteiger partial charge >= 0.3 is 5.97 Å². The average molecular weight is 287 g/mol. The van der Waals surface area contributed by atoms with Crippen LogP contribution in [0.2, 0.25) is 0 Å². The highest BCUT2D eigenvalue weighted by Gasteiger charge is 2.37. The zero-order valence-electron chi connectivity index (χ0n) is 11.9. The third kappa shape index (κ3) is 2.05. The van der Waals surface area contributed by atoms with Crippen LogP contribution in [0.25, 0.3) is 5.70 Å². The summed E-state index contributed by atoms with van der Waals surface area (Å²) in [5.74, 6) is -0.964. The molecule has 0 fully saturated rings. The van der Waals surface area contributed by atoms with Crippen LogP contribution in [-0.4, -0.2) is 27.3 Å². The summed E-state index contributed by atoms with van der Waals surface area (Å²) in [7, 11) is 0. The molecule has 21 heavy (non-hydrogen) atoms. The number of benzene rings is 1. The number of hydroxylamine groups is 2. The minimum atomic E-state index is -0.964. The van der Waals surface area contributed by atoms with Gasteiger partial charge in [-0.1, -0.05) is 31.2 Å². The quantitative estimate of drug-likeness (QED) is 0.893. The molecular weight excluding hydrogens is 270 g/mol. The number of nitrogens with zero attached hydrogens (tertiary/aromatic N) is 1. The molecule has 2 unspecified atom stereocenters. The molecule has 0 saturated carbocycles. The normalized spacial score (nSPS) is 24.3. The molecule has 1 heterocycles. The van der Waals surface area contributed by atoms with Crippen LogP contribution in [0.4, 0.5) is 0 Å². The Morgan fingerprint density at radius 2 is 2.10 bits per heavy atom. The number of aliphatic hydroxyl groups excluding tert-OH is 1. The molecular formula is C16H17NO4. The summed E-state index contributed by atoms with van der Waals surface area (Å²) in [4.78, 5) is 17.1. The maximum atomic E-state index is 11.4. The first-order chi connectivity index (χ1) is 10.0. The van der Waals surface area contributed by atoms with E-state index in [4.69, 9.17) is 4.84 Å². The van der Waals surface area contributed by atoms with Crippen LogP contribution in [0.3, 0.4) is 0 Å². The summed E-state index contributed by atoms with van der Waals surface area (Å²) in [6.07, 6.45) is 1.03. The Morgan fingerprint density at radius 3 is 2.76 bits per heavy atom. The Morgan fingerprint density at radius 1 is 1.38 bits per heavy atom. The second-order valence-electron chi connectivity index (χ2n) is 5.15. The van der Waals surface area contributed by atoms with Gasteiger partial charge in [-0.15, -0.1) is 0 Å². The van der Waals surface area contributed by atoms with Crippen molar-refractivity contribution in [3.63, 3.8) is 0 Å². The summed E-state index contributed by atoms with van der Waals surface area (Å²) < 4.78 is 0. The number of aliphatic carboxylic acids is 1. The average Bonchev–Trinajstić information content (AvgIpc) is 2.97. The van der Waals surface area contributed by atoms with E-state index in [2.05, 4.69) is 0 Å². The van der Waals surface area contributed by atoms with Crippen molar-refractivity contribution in [3.05, 3.63) is 52.7 Å². The number of aliphatic hydroxyl groups is 1. The fourth-order valence-corrected chi connectivity index (χ4v) is 2.95. The van der Waals surface area contributed by atoms with Gasteiger partial charge < -0.3 is 10.2 Å². The van der Waals surface area contributed by atoms with Crippen molar-refractivity contribution in [1.29, 1.82) is 0 Å². The van der Waals surface area contributed by atoms with Crippen molar-refractivity contribution in [2.75, 3.05) is 0 Å². The van der Waals surface area contributed by atoms with E-state index in [1.54, 1.807) is 18.1 Å². The van der Waals surface area contributed by atoms with Crippen LogP contribution in [0, 0.1) is 0 Å². The summed E-state index contributed by atoms with van der Waals surface area (Å²) in [6.45, 7) is 3.61. The fourth-order valence-electron chi connectivity index (χ4n) is 2.95. The van der Waals surface area contributed by atoms with Gasteiger partial charge in [0.25, 0.3) is 0 Å². The lowest BCUT2D eigenvalue weighted by atomic mass is 10.1. The van der Waals surface area contributed by atoms with Gasteiger partial charge in [-0.3, -0.25) is 4.84 Å². The maximum absolute atomic E-state index is 11.4. The molecule has 2 N–H and O–H groups in total. The fraction of sp³-hybridized carbons (Fsp3) is 0.312. The molecule has 2 aliphatic rings. The molecule has 2 atom stereocenters. The monoisotopic (exact) mass is 287 g/mol. The number of hydrogen-bond donors (Lipinski definition) is 2. The van der Waals surface area contributed by atoms with Crippen molar-refractivity contribution in [2.45, 2.75) is 32.5 Å². The summed E-state index contributed by atoms with van der Waals surface area (Å²) in [5, 5.41) is 21.0. The highest BCUT2D eigenvalue weighted by Crippen LogP contribution is 2.42. The highest BCUT2D eigenvalue weighted by atomic mass is 16.7. The molecule has 0 saturated heterocycles. The lowest BCUT2D eigenvalue weighted by molar-refractivity contribution is -0.135. The SMILES string of the molecule is CCC1=C(C(=O)O)C(C)ON1C1=CC(O)c2ccccc21. The largest absolute Gasteiger partial charge is 0.478 e. The van der Waals surface area contributed by atoms with Gasteiger partial charge in [0.2, 0.25) is 0 Å². The summed E-state index contributed by atoms with van der Waals surface area (Å²) >= 11 is 0. The summed E-state index contributed by atoms with van der Waals surface area (Å²) in [6, 6.07) is 7.51. The van der Waals surface area contributed by atoms with E-state index in [1.807, 2.05) is 31.2 Å². The second kappa shape index (κ2) is 5.02. The van der Waals surface area contributed by atoms with E-state index in [0.29, 0.717) is 17.8 Å². The number of rotatable bonds is 3. The van der Waals surface area contributed by atoms with Crippen molar-refractivity contribution in [1.82, 2.24) is 5.06 Å². The molecule has 0 spiro atoms. The van der Waals surface area contributed by atoms with Gasteiger partial charge in [-0.2, -0.15) is 0 Å².